The van der Waals surface area contributed by atoms with Crippen molar-refractivity contribution in [1.82, 2.24) is 9.21 Å². The Morgan fingerprint density at radius 2 is 1.60 bits per heavy atom. The normalized spacial score (nSPS) is 17.9. The molecule has 1 aliphatic heterocycles. The maximum Gasteiger partial charge on any atom is 0.254 e. The molecule has 0 aliphatic carbocycles. The number of ether oxygens (including phenoxy) is 2. The number of benzene rings is 3. The monoisotopic (exact) mass is 604 g/mol. The van der Waals surface area contributed by atoms with Crippen molar-refractivity contribution in [3.63, 3.8) is 0 Å². The number of methoxy groups -OCH3 is 1. The first-order chi connectivity index (χ1) is 19.0. The lowest BCUT2D eigenvalue weighted by Crippen LogP contribution is -2.42. The van der Waals surface area contributed by atoms with Gasteiger partial charge in [0.05, 0.1) is 7.11 Å². The van der Waals surface area contributed by atoms with E-state index < -0.39 is 10.0 Å². The van der Waals surface area contributed by atoms with Crippen LogP contribution in [-0.2, 0) is 16.6 Å². The molecule has 7 nitrogen and oxygen atoms in total. The average molecular weight is 606 g/mol. The van der Waals surface area contributed by atoms with Gasteiger partial charge in [-0.1, -0.05) is 43.1 Å². The van der Waals surface area contributed by atoms with Gasteiger partial charge in [0, 0.05) is 47.4 Å². The molecule has 2 atom stereocenters. The predicted octanol–water partition coefficient (Wildman–Crippen LogP) is 7.12. The van der Waals surface area contributed by atoms with Crippen molar-refractivity contribution in [2.75, 3.05) is 26.7 Å². The van der Waals surface area contributed by atoms with Gasteiger partial charge in [0.1, 0.15) is 22.1 Å². The van der Waals surface area contributed by atoms with Crippen molar-refractivity contribution in [1.29, 1.82) is 0 Å². The summed E-state index contributed by atoms with van der Waals surface area (Å²) >= 11 is 12.3. The van der Waals surface area contributed by atoms with Crippen LogP contribution in [0.25, 0.3) is 0 Å². The number of carbonyl (C=O) groups is 1. The largest absolute Gasteiger partial charge is 0.495 e. The fourth-order valence-electron chi connectivity index (χ4n) is 5.05. The zero-order chi connectivity index (χ0) is 29.0. The van der Waals surface area contributed by atoms with Crippen molar-refractivity contribution < 1.29 is 22.7 Å². The molecule has 1 heterocycles. The molecule has 0 saturated carbocycles. The van der Waals surface area contributed by atoms with Gasteiger partial charge in [-0.3, -0.25) is 4.79 Å². The zero-order valence-electron chi connectivity index (χ0n) is 23.1. The molecule has 3 aromatic carbocycles. The molecule has 2 unspecified atom stereocenters. The average Bonchev–Trinajstić information content (AvgIpc) is 2.92. The summed E-state index contributed by atoms with van der Waals surface area (Å²) in [6.45, 7) is 7.45. The van der Waals surface area contributed by atoms with E-state index in [9.17, 15) is 13.2 Å². The molecule has 40 heavy (non-hydrogen) atoms. The Kier molecular flexibility index (Phi) is 9.67. The Balaban J connectivity index is 1.62. The third kappa shape index (κ3) is 6.92. The summed E-state index contributed by atoms with van der Waals surface area (Å²) in [6.07, 6.45) is 0.974. The quantitative estimate of drug-likeness (QED) is 0.260. The van der Waals surface area contributed by atoms with Crippen LogP contribution in [0.4, 0.5) is 0 Å². The van der Waals surface area contributed by atoms with E-state index >= 15 is 0 Å². The third-order valence-corrected chi connectivity index (χ3v) is 9.30. The molecule has 0 bridgehead atoms. The van der Waals surface area contributed by atoms with Crippen LogP contribution in [0, 0.1) is 11.8 Å². The van der Waals surface area contributed by atoms with E-state index in [1.54, 1.807) is 53.4 Å². The highest BCUT2D eigenvalue weighted by molar-refractivity contribution is 7.89. The highest BCUT2D eigenvalue weighted by atomic mass is 35.5. The molecule has 1 fully saturated rings. The third-order valence-electron chi connectivity index (χ3n) is 6.96. The van der Waals surface area contributed by atoms with E-state index in [-0.39, 0.29) is 40.5 Å². The van der Waals surface area contributed by atoms with E-state index in [0.29, 0.717) is 41.2 Å². The van der Waals surface area contributed by atoms with Gasteiger partial charge in [0.2, 0.25) is 10.0 Å². The SMILES string of the molecule is CCN(Cc1ccc(Cl)cc1Oc1ccc(Cl)cc1)C(=O)c1ccc(OC)c(S(=O)(=O)N2CC(C)CC(C)C2)c1. The predicted molar refractivity (Wildman–Crippen MR) is 158 cm³/mol. The van der Waals surface area contributed by atoms with Crippen LogP contribution in [0.15, 0.2) is 65.6 Å². The molecule has 1 amide bonds. The number of rotatable bonds is 9. The van der Waals surface area contributed by atoms with Gasteiger partial charge in [-0.15, -0.1) is 0 Å². The van der Waals surface area contributed by atoms with Crippen LogP contribution in [0.2, 0.25) is 10.0 Å². The Bertz CT molecular complexity index is 1450. The van der Waals surface area contributed by atoms with Crippen LogP contribution in [0.3, 0.4) is 0 Å². The van der Waals surface area contributed by atoms with Crippen molar-refractivity contribution in [3.8, 4) is 17.2 Å². The van der Waals surface area contributed by atoms with Gasteiger partial charge in [0.25, 0.3) is 5.91 Å². The van der Waals surface area contributed by atoms with Gasteiger partial charge >= 0.3 is 0 Å². The molecule has 10 heteroatoms. The Hall–Kier alpha value is -2.78. The van der Waals surface area contributed by atoms with Crippen molar-refractivity contribution >= 4 is 39.1 Å². The first-order valence-electron chi connectivity index (χ1n) is 13.2. The van der Waals surface area contributed by atoms with E-state index in [1.165, 1.54) is 17.5 Å². The van der Waals surface area contributed by atoms with E-state index in [1.807, 2.05) is 13.0 Å². The standard InChI is InChI=1S/C30H34Cl2N2O5S/c1-5-33(19-23-6-8-25(32)16-28(23)39-26-11-9-24(31)10-12-26)30(35)22-7-13-27(38-4)29(15-22)40(36,37)34-17-20(2)14-21(3)18-34/h6-13,15-16,20-21H,5,14,17-19H2,1-4H3. The minimum absolute atomic E-state index is 0.00328. The number of hydrogen-bond acceptors (Lipinski definition) is 5. The molecule has 3 aromatic rings. The molecule has 0 radical (unpaired) electrons. The highest BCUT2D eigenvalue weighted by Gasteiger charge is 2.34. The van der Waals surface area contributed by atoms with Gasteiger partial charge < -0.3 is 14.4 Å². The van der Waals surface area contributed by atoms with Gasteiger partial charge in [-0.05, 0) is 79.8 Å². The molecule has 1 saturated heterocycles. The molecular weight excluding hydrogens is 571 g/mol. The first-order valence-corrected chi connectivity index (χ1v) is 15.4. The molecule has 214 valence electrons. The van der Waals surface area contributed by atoms with Crippen molar-refractivity contribution in [2.45, 2.75) is 38.6 Å². The number of halogens is 2. The van der Waals surface area contributed by atoms with E-state index in [4.69, 9.17) is 32.7 Å². The summed E-state index contributed by atoms with van der Waals surface area (Å²) in [5.74, 6) is 1.47. The number of amides is 1. The number of piperidine rings is 1. The van der Waals surface area contributed by atoms with Gasteiger partial charge in [-0.25, -0.2) is 8.42 Å². The summed E-state index contributed by atoms with van der Waals surface area (Å²) in [5.41, 5.74) is 1.00. The zero-order valence-corrected chi connectivity index (χ0v) is 25.4. The maximum atomic E-state index is 13.7. The van der Waals surface area contributed by atoms with Crippen molar-refractivity contribution in [2.24, 2.45) is 11.8 Å². The number of nitrogens with zero attached hydrogens (tertiary/aromatic N) is 2. The summed E-state index contributed by atoms with van der Waals surface area (Å²) in [7, 11) is -2.44. The van der Waals surface area contributed by atoms with Gasteiger partial charge in [0.15, 0.2) is 0 Å². The molecule has 0 aromatic heterocycles. The lowest BCUT2D eigenvalue weighted by Gasteiger charge is -2.34. The Morgan fingerprint density at radius 1 is 0.950 bits per heavy atom. The minimum Gasteiger partial charge on any atom is -0.495 e. The summed E-state index contributed by atoms with van der Waals surface area (Å²) < 4.78 is 40.4. The van der Waals surface area contributed by atoms with Gasteiger partial charge in [-0.2, -0.15) is 4.31 Å². The van der Waals surface area contributed by atoms with E-state index in [2.05, 4.69) is 13.8 Å². The summed E-state index contributed by atoms with van der Waals surface area (Å²) in [6, 6.07) is 16.8. The number of sulfonamides is 1. The minimum atomic E-state index is -3.87. The lowest BCUT2D eigenvalue weighted by atomic mass is 9.94. The highest BCUT2D eigenvalue weighted by Crippen LogP contribution is 2.34. The Morgan fingerprint density at radius 3 is 2.23 bits per heavy atom. The molecule has 1 aliphatic rings. The summed E-state index contributed by atoms with van der Waals surface area (Å²) in [4.78, 5) is 15.3. The fourth-order valence-corrected chi connectivity index (χ4v) is 7.20. The first kappa shape index (κ1) is 30.2. The molecule has 4 rings (SSSR count). The van der Waals surface area contributed by atoms with Crippen LogP contribution < -0.4 is 9.47 Å². The smallest absolute Gasteiger partial charge is 0.254 e. The summed E-state index contributed by atoms with van der Waals surface area (Å²) in [5, 5.41) is 1.08. The van der Waals surface area contributed by atoms with Crippen LogP contribution in [-0.4, -0.2) is 50.3 Å². The van der Waals surface area contributed by atoms with E-state index in [0.717, 1.165) is 12.0 Å². The second-order valence-electron chi connectivity index (χ2n) is 10.3. The Labute approximate surface area is 246 Å². The maximum absolute atomic E-state index is 13.7. The lowest BCUT2D eigenvalue weighted by molar-refractivity contribution is 0.0751. The molecular formula is C30H34Cl2N2O5S. The second-order valence-corrected chi connectivity index (χ2v) is 13.0. The number of carbonyl (C=O) groups excluding carboxylic acids is 1. The molecule has 0 spiro atoms. The number of hydrogen-bond donors (Lipinski definition) is 0. The van der Waals surface area contributed by atoms with Crippen LogP contribution >= 0.6 is 23.2 Å². The second kappa shape index (κ2) is 12.8. The molecule has 0 N–H and O–H groups in total. The van der Waals surface area contributed by atoms with Crippen molar-refractivity contribution in [3.05, 3.63) is 81.8 Å². The van der Waals surface area contributed by atoms with Crippen LogP contribution in [0.1, 0.15) is 43.1 Å². The van der Waals surface area contributed by atoms with Crippen LogP contribution in [0.5, 0.6) is 17.2 Å². The fraction of sp³-hybridized carbons (Fsp3) is 0.367. The topological polar surface area (TPSA) is 76.1 Å².